The van der Waals surface area contributed by atoms with Crippen LogP contribution in [0, 0.1) is 6.92 Å². The van der Waals surface area contributed by atoms with E-state index in [1.165, 1.54) is 0 Å². The zero-order valence-corrected chi connectivity index (χ0v) is 20.9. The molecule has 1 aliphatic rings. The molecule has 4 aromatic rings. The Kier molecular flexibility index (Phi) is 6.22. The molecule has 5 rings (SSSR count). The number of anilines is 1. The van der Waals surface area contributed by atoms with Gasteiger partial charge in [0.15, 0.2) is 0 Å². The molecule has 0 radical (unpaired) electrons. The first-order chi connectivity index (χ1) is 17.3. The number of nitrogens with zero attached hydrogens (tertiary/aromatic N) is 2. The monoisotopic (exact) mass is 482 g/mol. The first-order valence-corrected chi connectivity index (χ1v) is 12.2. The van der Waals surface area contributed by atoms with Gasteiger partial charge in [0.05, 0.1) is 18.2 Å². The van der Waals surface area contributed by atoms with E-state index in [2.05, 4.69) is 15.6 Å². The van der Waals surface area contributed by atoms with Gasteiger partial charge in [-0.3, -0.25) is 4.79 Å². The molecule has 0 aliphatic heterocycles. The van der Waals surface area contributed by atoms with Crippen molar-refractivity contribution >= 4 is 22.8 Å². The Morgan fingerprint density at radius 2 is 1.83 bits per heavy atom. The Bertz CT molecular complexity index is 1440. The number of hydrogen-bond donors (Lipinski definition) is 3. The lowest BCUT2D eigenvalue weighted by Crippen LogP contribution is -2.25. The maximum absolute atomic E-state index is 12.8. The summed E-state index contributed by atoms with van der Waals surface area (Å²) in [4.78, 5) is 22.2. The van der Waals surface area contributed by atoms with Gasteiger partial charge in [-0.25, -0.2) is 9.97 Å². The maximum Gasteiger partial charge on any atom is 0.251 e. The number of benzene rings is 3. The average Bonchev–Trinajstić information content (AvgIpc) is 3.67. The molecule has 7 heteroatoms. The number of ether oxygens (including phenoxy) is 1. The molecule has 0 bridgehead atoms. The number of carbonyl (C=O) groups is 1. The van der Waals surface area contributed by atoms with Gasteiger partial charge >= 0.3 is 0 Å². The normalized spacial score (nSPS) is 13.1. The number of hydrogen-bond acceptors (Lipinski definition) is 6. The van der Waals surface area contributed by atoms with E-state index in [0.717, 1.165) is 51.6 Å². The summed E-state index contributed by atoms with van der Waals surface area (Å²) in [7, 11) is 1.64. The molecule has 0 atom stereocenters. The number of amides is 1. The van der Waals surface area contributed by atoms with Crippen molar-refractivity contribution in [2.75, 3.05) is 12.4 Å². The molecular weight excluding hydrogens is 452 g/mol. The summed E-state index contributed by atoms with van der Waals surface area (Å²) in [5.41, 5.74) is 5.77. The summed E-state index contributed by atoms with van der Waals surface area (Å²) < 4.78 is 6.03. The van der Waals surface area contributed by atoms with Crippen LogP contribution in [0.3, 0.4) is 0 Å². The number of phenols is 1. The molecule has 1 amide bonds. The summed E-state index contributed by atoms with van der Waals surface area (Å²) in [6.07, 6.45) is 3.87. The Balaban J connectivity index is 1.75. The summed E-state index contributed by atoms with van der Waals surface area (Å²) in [5, 5.41) is 17.1. The molecule has 1 aliphatic carbocycles. The van der Waals surface area contributed by atoms with Crippen LogP contribution < -0.4 is 15.4 Å². The minimum Gasteiger partial charge on any atom is -0.508 e. The fourth-order valence-electron chi connectivity index (χ4n) is 4.35. The van der Waals surface area contributed by atoms with E-state index < -0.39 is 0 Å². The van der Waals surface area contributed by atoms with Gasteiger partial charge in [-0.15, -0.1) is 0 Å². The van der Waals surface area contributed by atoms with Gasteiger partial charge in [0.2, 0.25) is 5.95 Å². The SMILES string of the molecule is COc1c(-c2cc(C(=O)NC3CC3)ccc2C)cc2cnc(NC(C)C)nc2c1-c1ccc(O)cc1. The Morgan fingerprint density at radius 1 is 1.08 bits per heavy atom. The third-order valence-corrected chi connectivity index (χ3v) is 6.31. The van der Waals surface area contributed by atoms with Gasteiger partial charge in [0.25, 0.3) is 5.91 Å². The van der Waals surface area contributed by atoms with E-state index in [9.17, 15) is 9.90 Å². The molecule has 0 unspecified atom stereocenters. The highest BCUT2D eigenvalue weighted by atomic mass is 16.5. The zero-order chi connectivity index (χ0) is 25.4. The second kappa shape index (κ2) is 9.49. The van der Waals surface area contributed by atoms with Gasteiger partial charge in [0, 0.05) is 34.8 Å². The lowest BCUT2D eigenvalue weighted by atomic mass is 9.91. The number of aromatic hydroxyl groups is 1. The van der Waals surface area contributed by atoms with E-state index in [0.29, 0.717) is 17.3 Å². The van der Waals surface area contributed by atoms with Crippen LogP contribution in [0.1, 0.15) is 42.6 Å². The summed E-state index contributed by atoms with van der Waals surface area (Å²) in [5.74, 6) is 1.29. The molecule has 0 spiro atoms. The maximum atomic E-state index is 12.8. The van der Waals surface area contributed by atoms with Gasteiger partial charge in [-0.2, -0.15) is 0 Å². The van der Waals surface area contributed by atoms with Crippen LogP contribution in [-0.4, -0.2) is 40.2 Å². The second-order valence-corrected chi connectivity index (χ2v) is 9.59. The van der Waals surface area contributed by atoms with Crippen molar-refractivity contribution in [1.82, 2.24) is 15.3 Å². The predicted molar refractivity (Wildman–Crippen MR) is 143 cm³/mol. The first-order valence-electron chi connectivity index (χ1n) is 12.2. The Hall–Kier alpha value is -4.13. The number of carbonyl (C=O) groups excluding carboxylic acids is 1. The Labute approximate surface area is 210 Å². The largest absolute Gasteiger partial charge is 0.508 e. The average molecular weight is 483 g/mol. The first kappa shape index (κ1) is 23.6. The molecule has 184 valence electrons. The van der Waals surface area contributed by atoms with Crippen LogP contribution >= 0.6 is 0 Å². The molecule has 7 nitrogen and oxygen atoms in total. The summed E-state index contributed by atoms with van der Waals surface area (Å²) in [6.45, 7) is 6.09. The number of rotatable bonds is 7. The van der Waals surface area contributed by atoms with Crippen LogP contribution in [0.5, 0.6) is 11.5 Å². The van der Waals surface area contributed by atoms with Gasteiger partial charge < -0.3 is 20.5 Å². The third kappa shape index (κ3) is 4.69. The smallest absolute Gasteiger partial charge is 0.251 e. The number of aryl methyl sites for hydroxylation is 1. The summed E-state index contributed by atoms with van der Waals surface area (Å²) in [6, 6.07) is 15.2. The summed E-state index contributed by atoms with van der Waals surface area (Å²) >= 11 is 0. The van der Waals surface area contributed by atoms with Crippen LogP contribution in [0.25, 0.3) is 33.2 Å². The van der Waals surface area contributed by atoms with E-state index in [1.807, 2.05) is 57.2 Å². The van der Waals surface area contributed by atoms with Crippen molar-refractivity contribution < 1.29 is 14.6 Å². The van der Waals surface area contributed by atoms with Crippen molar-refractivity contribution in [2.45, 2.75) is 45.7 Å². The van der Waals surface area contributed by atoms with Crippen molar-refractivity contribution in [3.8, 4) is 33.8 Å². The lowest BCUT2D eigenvalue weighted by Gasteiger charge is -2.19. The second-order valence-electron chi connectivity index (χ2n) is 9.59. The van der Waals surface area contributed by atoms with Crippen LogP contribution in [-0.2, 0) is 0 Å². The molecule has 3 aromatic carbocycles. The number of phenolic OH excluding ortho intramolecular Hbond substituents is 1. The molecular formula is C29H30N4O3. The molecule has 0 saturated heterocycles. The highest BCUT2D eigenvalue weighted by molar-refractivity contribution is 6.04. The molecule has 1 fully saturated rings. The quantitative estimate of drug-likeness (QED) is 0.313. The number of nitrogens with one attached hydrogen (secondary N) is 2. The number of fused-ring (bicyclic) bond motifs is 1. The minimum absolute atomic E-state index is 0.0648. The predicted octanol–water partition coefficient (Wildman–Crippen LogP) is 5.70. The van der Waals surface area contributed by atoms with Crippen molar-refractivity contribution in [3.05, 3.63) is 65.9 Å². The van der Waals surface area contributed by atoms with E-state index in [4.69, 9.17) is 9.72 Å². The van der Waals surface area contributed by atoms with Crippen LogP contribution in [0.2, 0.25) is 0 Å². The molecule has 36 heavy (non-hydrogen) atoms. The van der Waals surface area contributed by atoms with Crippen molar-refractivity contribution in [1.29, 1.82) is 0 Å². The van der Waals surface area contributed by atoms with E-state index in [-0.39, 0.29) is 23.7 Å². The van der Waals surface area contributed by atoms with E-state index in [1.54, 1.807) is 25.4 Å². The van der Waals surface area contributed by atoms with Crippen molar-refractivity contribution in [3.63, 3.8) is 0 Å². The number of methoxy groups -OCH3 is 1. The van der Waals surface area contributed by atoms with Gasteiger partial charge in [-0.05, 0) is 80.6 Å². The standard InChI is InChI=1S/C29H30N4O3/c1-16(2)31-29-30-15-20-14-24(23-13-19(6-5-17(23)3)28(35)32-21-9-10-21)27(36-4)25(26(20)33-29)18-7-11-22(34)12-8-18/h5-8,11-16,21,34H,9-10H2,1-4H3,(H,32,35)(H,30,31,33). The zero-order valence-electron chi connectivity index (χ0n) is 20.9. The van der Waals surface area contributed by atoms with E-state index >= 15 is 0 Å². The fraction of sp³-hybridized carbons (Fsp3) is 0.276. The molecule has 1 aromatic heterocycles. The molecule has 1 saturated carbocycles. The van der Waals surface area contributed by atoms with Crippen molar-refractivity contribution in [2.24, 2.45) is 0 Å². The lowest BCUT2D eigenvalue weighted by molar-refractivity contribution is 0.0951. The molecule has 1 heterocycles. The topological polar surface area (TPSA) is 96.4 Å². The van der Waals surface area contributed by atoms with Gasteiger partial charge in [-0.1, -0.05) is 18.2 Å². The molecule has 3 N–H and O–H groups in total. The third-order valence-electron chi connectivity index (χ3n) is 6.31. The fourth-order valence-corrected chi connectivity index (χ4v) is 4.35. The highest BCUT2D eigenvalue weighted by Crippen LogP contribution is 2.45. The van der Waals surface area contributed by atoms with Crippen LogP contribution in [0.15, 0.2) is 54.7 Å². The minimum atomic E-state index is -0.0648. The van der Waals surface area contributed by atoms with Gasteiger partial charge in [0.1, 0.15) is 11.5 Å². The highest BCUT2D eigenvalue weighted by Gasteiger charge is 2.25. The van der Waals surface area contributed by atoms with Crippen LogP contribution in [0.4, 0.5) is 5.95 Å². The Morgan fingerprint density at radius 3 is 2.50 bits per heavy atom. The number of aromatic nitrogens is 2.